The Hall–Kier alpha value is -1.81. The molecule has 19 heavy (non-hydrogen) atoms. The zero-order valence-corrected chi connectivity index (χ0v) is 11.7. The summed E-state index contributed by atoms with van der Waals surface area (Å²) < 4.78 is 11.2. The Morgan fingerprint density at radius 1 is 1.42 bits per heavy atom. The summed E-state index contributed by atoms with van der Waals surface area (Å²) in [6, 6.07) is 7.63. The fourth-order valence-corrected chi connectivity index (χ4v) is 1.76. The van der Waals surface area contributed by atoms with Crippen molar-refractivity contribution in [2.24, 2.45) is 0 Å². The van der Waals surface area contributed by atoms with Crippen molar-refractivity contribution in [1.29, 1.82) is 0 Å². The Kier molecular flexibility index (Phi) is 6.09. The van der Waals surface area contributed by atoms with E-state index in [1.807, 2.05) is 38.1 Å². The van der Waals surface area contributed by atoms with E-state index in [2.05, 4.69) is 11.9 Å². The molecule has 1 N–H and O–H groups in total. The summed E-state index contributed by atoms with van der Waals surface area (Å²) >= 11 is 0. The van der Waals surface area contributed by atoms with Gasteiger partial charge in [0.05, 0.1) is 13.2 Å². The van der Waals surface area contributed by atoms with Gasteiger partial charge in [0.2, 0.25) is 5.91 Å². The molecular formula is C15H21NO3. The molecule has 4 nitrogen and oxygen atoms in total. The lowest BCUT2D eigenvalue weighted by Crippen LogP contribution is -2.29. The Morgan fingerprint density at radius 2 is 2.11 bits per heavy atom. The summed E-state index contributed by atoms with van der Waals surface area (Å²) in [5.74, 6) is 0.535. The smallest absolute Gasteiger partial charge is 0.243 e. The average Bonchev–Trinajstić information content (AvgIpc) is 2.42. The van der Waals surface area contributed by atoms with E-state index in [4.69, 9.17) is 9.47 Å². The molecule has 104 valence electrons. The Bertz CT molecular complexity index is 429. The number of ether oxygens (including phenoxy) is 2. The zero-order valence-electron chi connectivity index (χ0n) is 11.7. The van der Waals surface area contributed by atoms with Gasteiger partial charge in [-0.15, -0.1) is 0 Å². The molecule has 0 heterocycles. The first-order valence-corrected chi connectivity index (χ1v) is 6.27. The average molecular weight is 263 g/mol. The minimum atomic E-state index is -0.250. The van der Waals surface area contributed by atoms with Crippen LogP contribution in [0.3, 0.4) is 0 Å². The van der Waals surface area contributed by atoms with Crippen LogP contribution in [0.1, 0.15) is 25.5 Å². The number of benzene rings is 1. The summed E-state index contributed by atoms with van der Waals surface area (Å²) in [5.41, 5.74) is 0.920. The van der Waals surface area contributed by atoms with Gasteiger partial charge in [-0.1, -0.05) is 24.8 Å². The van der Waals surface area contributed by atoms with Gasteiger partial charge in [0.15, 0.2) is 0 Å². The third kappa shape index (κ3) is 4.75. The largest absolute Gasteiger partial charge is 0.496 e. The van der Waals surface area contributed by atoms with Gasteiger partial charge in [0.1, 0.15) is 11.9 Å². The van der Waals surface area contributed by atoms with Crippen LogP contribution in [-0.4, -0.2) is 25.7 Å². The number of rotatable bonds is 7. The summed E-state index contributed by atoms with van der Waals surface area (Å²) in [6.45, 7) is 7.72. The van der Waals surface area contributed by atoms with Crippen LogP contribution in [0.4, 0.5) is 0 Å². The van der Waals surface area contributed by atoms with E-state index in [-0.39, 0.29) is 18.1 Å². The van der Waals surface area contributed by atoms with Gasteiger partial charge >= 0.3 is 0 Å². The van der Waals surface area contributed by atoms with Crippen molar-refractivity contribution in [3.8, 4) is 5.75 Å². The summed E-state index contributed by atoms with van der Waals surface area (Å²) in [7, 11) is 1.62. The van der Waals surface area contributed by atoms with Gasteiger partial charge in [0, 0.05) is 12.1 Å². The number of amides is 1. The van der Waals surface area contributed by atoms with E-state index in [1.54, 1.807) is 7.11 Å². The van der Waals surface area contributed by atoms with E-state index in [1.165, 1.54) is 6.08 Å². The molecule has 1 aromatic carbocycles. The highest BCUT2D eigenvalue weighted by atomic mass is 16.5. The Labute approximate surface area is 114 Å². The Balaban J connectivity index is 2.88. The monoisotopic (exact) mass is 263 g/mol. The second kappa shape index (κ2) is 7.59. The summed E-state index contributed by atoms with van der Waals surface area (Å²) in [6.07, 6.45) is 1.05. The number of methoxy groups -OCH3 is 1. The van der Waals surface area contributed by atoms with Crippen LogP contribution >= 0.6 is 0 Å². The second-order valence-electron chi connectivity index (χ2n) is 4.36. The van der Waals surface area contributed by atoms with Gasteiger partial charge in [-0.3, -0.25) is 4.79 Å². The predicted octanol–water partition coefficient (Wildman–Crippen LogP) is 2.46. The SMILES string of the molecule is C=CC(=O)NCC(OC(C)C)c1ccccc1OC. The molecule has 0 saturated heterocycles. The van der Waals surface area contributed by atoms with Crippen LogP contribution in [0.15, 0.2) is 36.9 Å². The molecule has 0 aliphatic rings. The van der Waals surface area contributed by atoms with E-state index in [0.717, 1.165) is 11.3 Å². The van der Waals surface area contributed by atoms with E-state index in [9.17, 15) is 4.79 Å². The van der Waals surface area contributed by atoms with Gasteiger partial charge in [0.25, 0.3) is 0 Å². The minimum absolute atomic E-state index is 0.0514. The van der Waals surface area contributed by atoms with Gasteiger partial charge in [-0.2, -0.15) is 0 Å². The minimum Gasteiger partial charge on any atom is -0.496 e. The molecule has 0 aliphatic carbocycles. The first-order chi connectivity index (χ1) is 9.08. The summed E-state index contributed by atoms with van der Waals surface area (Å²) in [5, 5.41) is 2.75. The lowest BCUT2D eigenvalue weighted by Gasteiger charge is -2.22. The fraction of sp³-hybridized carbons (Fsp3) is 0.400. The number of carbonyl (C=O) groups is 1. The highest BCUT2D eigenvalue weighted by Crippen LogP contribution is 2.27. The third-order valence-electron chi connectivity index (χ3n) is 2.57. The lowest BCUT2D eigenvalue weighted by molar-refractivity contribution is -0.117. The number of nitrogens with one attached hydrogen (secondary N) is 1. The maximum absolute atomic E-state index is 11.3. The van der Waals surface area contributed by atoms with Crippen molar-refractivity contribution >= 4 is 5.91 Å². The van der Waals surface area contributed by atoms with Crippen molar-refractivity contribution in [2.45, 2.75) is 26.1 Å². The molecule has 0 radical (unpaired) electrons. The van der Waals surface area contributed by atoms with Crippen molar-refractivity contribution in [2.75, 3.05) is 13.7 Å². The van der Waals surface area contributed by atoms with E-state index >= 15 is 0 Å². The lowest BCUT2D eigenvalue weighted by atomic mass is 10.1. The molecule has 1 aromatic rings. The van der Waals surface area contributed by atoms with Crippen molar-refractivity contribution in [3.05, 3.63) is 42.5 Å². The highest BCUT2D eigenvalue weighted by Gasteiger charge is 2.18. The molecule has 0 spiro atoms. The quantitative estimate of drug-likeness (QED) is 0.769. The van der Waals surface area contributed by atoms with Crippen LogP contribution in [0.25, 0.3) is 0 Å². The molecular weight excluding hydrogens is 242 g/mol. The predicted molar refractivity (Wildman–Crippen MR) is 75.2 cm³/mol. The molecule has 1 amide bonds. The van der Waals surface area contributed by atoms with E-state index < -0.39 is 0 Å². The second-order valence-corrected chi connectivity index (χ2v) is 4.36. The number of hydrogen-bond acceptors (Lipinski definition) is 3. The van der Waals surface area contributed by atoms with Crippen LogP contribution in [-0.2, 0) is 9.53 Å². The van der Waals surface area contributed by atoms with Gasteiger partial charge < -0.3 is 14.8 Å². The van der Waals surface area contributed by atoms with E-state index in [0.29, 0.717) is 6.54 Å². The third-order valence-corrected chi connectivity index (χ3v) is 2.57. The molecule has 0 fully saturated rings. The standard InChI is InChI=1S/C15H21NO3/c1-5-15(17)16-10-14(19-11(2)3)12-8-6-7-9-13(12)18-4/h5-9,11,14H,1,10H2,2-4H3,(H,16,17). The normalized spacial score (nSPS) is 12.0. The Morgan fingerprint density at radius 3 is 2.68 bits per heavy atom. The van der Waals surface area contributed by atoms with Gasteiger partial charge in [-0.05, 0) is 26.0 Å². The highest BCUT2D eigenvalue weighted by molar-refractivity contribution is 5.86. The maximum Gasteiger partial charge on any atom is 0.243 e. The summed E-state index contributed by atoms with van der Waals surface area (Å²) in [4.78, 5) is 11.3. The van der Waals surface area contributed by atoms with Crippen LogP contribution < -0.4 is 10.1 Å². The van der Waals surface area contributed by atoms with Crippen molar-refractivity contribution in [1.82, 2.24) is 5.32 Å². The van der Waals surface area contributed by atoms with Crippen LogP contribution in [0, 0.1) is 0 Å². The molecule has 0 saturated carbocycles. The van der Waals surface area contributed by atoms with Crippen molar-refractivity contribution < 1.29 is 14.3 Å². The van der Waals surface area contributed by atoms with Crippen LogP contribution in [0.2, 0.25) is 0 Å². The molecule has 0 bridgehead atoms. The molecule has 0 aromatic heterocycles. The first-order valence-electron chi connectivity index (χ1n) is 6.27. The van der Waals surface area contributed by atoms with Crippen molar-refractivity contribution in [3.63, 3.8) is 0 Å². The first kappa shape index (κ1) is 15.2. The molecule has 1 rings (SSSR count). The molecule has 1 atom stereocenters. The number of para-hydroxylation sites is 1. The number of hydrogen-bond donors (Lipinski definition) is 1. The fourth-order valence-electron chi connectivity index (χ4n) is 1.76. The van der Waals surface area contributed by atoms with Gasteiger partial charge in [-0.25, -0.2) is 0 Å². The maximum atomic E-state index is 11.3. The van der Waals surface area contributed by atoms with Crippen LogP contribution in [0.5, 0.6) is 5.75 Å². The molecule has 4 heteroatoms. The topological polar surface area (TPSA) is 47.6 Å². The molecule has 0 aliphatic heterocycles. The number of carbonyl (C=O) groups excluding carboxylic acids is 1. The molecule has 1 unspecified atom stereocenters. The zero-order chi connectivity index (χ0) is 14.3.